The van der Waals surface area contributed by atoms with Gasteiger partial charge in [-0.25, -0.2) is 0 Å². The van der Waals surface area contributed by atoms with Crippen LogP contribution in [-0.4, -0.2) is 28.8 Å². The molecule has 1 aromatic heterocycles. The van der Waals surface area contributed by atoms with Gasteiger partial charge in [0, 0.05) is 23.6 Å². The molecule has 7 rings (SSSR count). The third-order valence-corrected chi connectivity index (χ3v) is 8.42. The van der Waals surface area contributed by atoms with Crippen LogP contribution in [0.25, 0.3) is 10.9 Å². The Morgan fingerprint density at radius 1 is 1.00 bits per heavy atom. The highest BCUT2D eigenvalue weighted by molar-refractivity contribution is 7.81. The smallest absolute Gasteiger partial charge is 0.248 e. The lowest BCUT2D eigenvalue weighted by atomic mass is 9.57. The van der Waals surface area contributed by atoms with E-state index >= 15 is 0 Å². The number of nitrogens with two attached hydrogens (primary N) is 1. The van der Waals surface area contributed by atoms with E-state index in [2.05, 4.69) is 102 Å². The fourth-order valence-electron chi connectivity index (χ4n) is 6.23. The Kier molecular flexibility index (Phi) is 7.29. The molecule has 2 bridgehead atoms. The van der Waals surface area contributed by atoms with Crippen molar-refractivity contribution < 1.29 is 9.53 Å². The van der Waals surface area contributed by atoms with Gasteiger partial charge in [0.05, 0.1) is 22.7 Å². The zero-order valence-corrected chi connectivity index (χ0v) is 24.5. The molecule has 2 unspecified atom stereocenters. The molecule has 1 amide bonds. The molecule has 2 atom stereocenters. The fourth-order valence-corrected chi connectivity index (χ4v) is 6.33. The van der Waals surface area contributed by atoms with Crippen molar-refractivity contribution >= 4 is 35.1 Å². The van der Waals surface area contributed by atoms with Gasteiger partial charge in [-0.3, -0.25) is 9.59 Å². The number of fused-ring (bicyclic) bond motifs is 5. The molecule has 0 radical (unpaired) electrons. The summed E-state index contributed by atoms with van der Waals surface area (Å²) in [5.74, 6) is 0.697. The molecular weight excluding hydrogens is 542 g/mol. The number of benzene rings is 4. The van der Waals surface area contributed by atoms with Crippen molar-refractivity contribution in [2.45, 2.75) is 37.0 Å². The van der Waals surface area contributed by atoms with Gasteiger partial charge in [-0.15, -0.1) is 0 Å². The Labute approximate surface area is 250 Å². The van der Waals surface area contributed by atoms with Crippen molar-refractivity contribution in [1.29, 1.82) is 0 Å². The Balaban J connectivity index is 0.000000151. The topological polar surface area (TPSA) is 97.2 Å². The molecule has 0 spiro atoms. The second-order valence-electron chi connectivity index (χ2n) is 10.9. The number of H-pyrrole nitrogens is 1. The second kappa shape index (κ2) is 11.1. The minimum absolute atomic E-state index is 0.0945. The van der Waals surface area contributed by atoms with Crippen LogP contribution in [0.3, 0.4) is 0 Å². The number of hydrogen-bond donors (Lipinski definition) is 4. The molecule has 1 aliphatic heterocycles. The zero-order chi connectivity index (χ0) is 29.4. The van der Waals surface area contributed by atoms with Crippen LogP contribution in [-0.2, 0) is 16.6 Å². The van der Waals surface area contributed by atoms with Gasteiger partial charge >= 0.3 is 0 Å². The first-order valence-electron chi connectivity index (χ1n) is 14.1. The van der Waals surface area contributed by atoms with Crippen LogP contribution in [0.4, 0.5) is 5.69 Å². The molecule has 42 heavy (non-hydrogen) atoms. The average Bonchev–Trinajstić information content (AvgIpc) is 3.43. The molecule has 1 aliphatic carbocycles. The number of pyridine rings is 1. The number of rotatable bonds is 5. The minimum atomic E-state index is -0.336. The summed E-state index contributed by atoms with van der Waals surface area (Å²) in [5.41, 5.74) is 14.8. The maximum absolute atomic E-state index is 11.6. The summed E-state index contributed by atoms with van der Waals surface area (Å²) >= 11 is 4.10. The Morgan fingerprint density at radius 2 is 1.62 bits per heavy atom. The number of para-hydroxylation sites is 1. The van der Waals surface area contributed by atoms with Crippen molar-refractivity contribution in [3.63, 3.8) is 0 Å². The number of aromatic nitrogens is 1. The highest BCUT2D eigenvalue weighted by atomic mass is 32.1. The van der Waals surface area contributed by atoms with Crippen LogP contribution in [0.5, 0.6) is 5.75 Å². The standard InChI is InChI=1S/C19H15N.C16H18N2O3S/c20-18-16-12-7-13-17(18)19(16,14-8-3-1-4-9-14)15-10-5-2-6-11-15;1-8-5-10-6-11(7-17-16(20)9(2)22)21-15(10)12-3-4-13(19)18-14(8)12/h1-13H,20H2;3-5,9,11,22H,6-7H2,1-2H3,(H,17,20)(H,18,19). The van der Waals surface area contributed by atoms with Gasteiger partial charge in [0.2, 0.25) is 11.5 Å². The maximum atomic E-state index is 11.6. The van der Waals surface area contributed by atoms with Gasteiger partial charge in [-0.2, -0.15) is 12.6 Å². The molecule has 0 fully saturated rings. The number of thiol groups is 1. The first kappa shape index (κ1) is 27.7. The van der Waals surface area contributed by atoms with Crippen molar-refractivity contribution in [2.24, 2.45) is 0 Å². The number of carbonyl (C=O) groups excluding carboxylic acids is 1. The van der Waals surface area contributed by atoms with E-state index < -0.39 is 0 Å². The predicted octanol–water partition coefficient (Wildman–Crippen LogP) is 5.54. The van der Waals surface area contributed by atoms with Crippen LogP contribution >= 0.6 is 12.6 Å². The molecule has 5 aromatic rings. The quantitative estimate of drug-likeness (QED) is 0.160. The summed E-state index contributed by atoms with van der Waals surface area (Å²) in [6, 6.07) is 32.9. The van der Waals surface area contributed by atoms with Gasteiger partial charge in [0.25, 0.3) is 0 Å². The number of aromatic amines is 1. The molecule has 212 valence electrons. The van der Waals surface area contributed by atoms with Crippen molar-refractivity contribution in [3.05, 3.63) is 141 Å². The van der Waals surface area contributed by atoms with Gasteiger partial charge in [0.1, 0.15) is 11.9 Å². The number of nitrogens with one attached hydrogen (secondary N) is 2. The molecule has 7 heteroatoms. The van der Waals surface area contributed by atoms with E-state index in [9.17, 15) is 9.59 Å². The maximum Gasteiger partial charge on any atom is 0.248 e. The Bertz CT molecular complexity index is 1770. The number of amides is 1. The van der Waals surface area contributed by atoms with Crippen molar-refractivity contribution in [2.75, 3.05) is 12.3 Å². The normalized spacial score (nSPS) is 16.3. The molecule has 0 saturated heterocycles. The van der Waals surface area contributed by atoms with E-state index in [-0.39, 0.29) is 28.2 Å². The molecule has 4 aromatic carbocycles. The summed E-state index contributed by atoms with van der Waals surface area (Å²) in [4.78, 5) is 25.9. The molecule has 0 saturated carbocycles. The molecule has 6 nitrogen and oxygen atoms in total. The predicted molar refractivity (Wildman–Crippen MR) is 172 cm³/mol. The number of anilines is 1. The summed E-state index contributed by atoms with van der Waals surface area (Å²) in [5, 5.41) is 3.40. The number of hydrogen-bond acceptors (Lipinski definition) is 5. The first-order chi connectivity index (χ1) is 20.3. The SMILES string of the molecule is Cc1cc2c(c3ccc(=O)[nH]c13)OC(CNC(=O)C(C)S)C2.Nc1c2cccc1C2(c1ccccc1)c1ccccc1. The number of nitrogen functional groups attached to an aromatic ring is 1. The Hall–Kier alpha value is -4.49. The highest BCUT2D eigenvalue weighted by Gasteiger charge is 2.48. The summed E-state index contributed by atoms with van der Waals surface area (Å²) < 4.78 is 5.98. The van der Waals surface area contributed by atoms with E-state index in [1.807, 2.05) is 13.0 Å². The van der Waals surface area contributed by atoms with Crippen LogP contribution in [0, 0.1) is 6.92 Å². The molecule has 2 heterocycles. The molecular formula is C35H33N3O3S. The number of aryl methyl sites for hydroxylation is 1. The highest BCUT2D eigenvalue weighted by Crippen LogP contribution is 2.56. The monoisotopic (exact) mass is 575 g/mol. The van der Waals surface area contributed by atoms with Gasteiger partial charge < -0.3 is 20.8 Å². The lowest BCUT2D eigenvalue weighted by Gasteiger charge is -2.45. The molecule has 4 N–H and O–H groups in total. The first-order valence-corrected chi connectivity index (χ1v) is 14.6. The third-order valence-electron chi connectivity index (χ3n) is 8.18. The number of ether oxygens (including phenoxy) is 1. The fraction of sp³-hybridized carbons (Fsp3) is 0.200. The van der Waals surface area contributed by atoms with E-state index in [1.165, 1.54) is 28.3 Å². The molecule has 2 aliphatic rings. The van der Waals surface area contributed by atoms with E-state index in [4.69, 9.17) is 10.5 Å². The average molecular weight is 576 g/mol. The van der Waals surface area contributed by atoms with E-state index in [1.54, 1.807) is 13.0 Å². The minimum Gasteiger partial charge on any atom is -0.487 e. The van der Waals surface area contributed by atoms with Crippen molar-refractivity contribution in [1.82, 2.24) is 10.3 Å². The lowest BCUT2D eigenvalue weighted by Crippen LogP contribution is -2.40. The van der Waals surface area contributed by atoms with Crippen molar-refractivity contribution in [3.8, 4) is 5.75 Å². The van der Waals surface area contributed by atoms with E-state index in [0.29, 0.717) is 6.54 Å². The van der Waals surface area contributed by atoms with Gasteiger partial charge in [0.15, 0.2) is 0 Å². The van der Waals surface area contributed by atoms with Crippen LogP contribution in [0.2, 0.25) is 0 Å². The number of carbonyl (C=O) groups is 1. The van der Waals surface area contributed by atoms with E-state index in [0.717, 1.165) is 39.9 Å². The second-order valence-corrected chi connectivity index (χ2v) is 11.7. The third kappa shape index (κ3) is 4.64. The van der Waals surface area contributed by atoms with Gasteiger partial charge in [-0.05, 0) is 53.3 Å². The Morgan fingerprint density at radius 3 is 2.19 bits per heavy atom. The summed E-state index contributed by atoms with van der Waals surface area (Å²) in [6.45, 7) is 4.15. The van der Waals surface area contributed by atoms with Gasteiger partial charge in [-0.1, -0.05) is 84.9 Å². The largest absolute Gasteiger partial charge is 0.487 e. The zero-order valence-electron chi connectivity index (χ0n) is 23.6. The van der Waals surface area contributed by atoms with Crippen LogP contribution < -0.4 is 21.3 Å². The summed E-state index contributed by atoms with van der Waals surface area (Å²) in [7, 11) is 0. The summed E-state index contributed by atoms with van der Waals surface area (Å²) in [6.07, 6.45) is 0.648. The lowest BCUT2D eigenvalue weighted by molar-refractivity contribution is -0.120. The van der Waals surface area contributed by atoms with Crippen LogP contribution in [0.15, 0.2) is 102 Å². The van der Waals surface area contributed by atoms with Crippen LogP contribution in [0.1, 0.15) is 40.3 Å².